The van der Waals surface area contributed by atoms with E-state index in [0.717, 1.165) is 18.2 Å². The molecule has 1 aromatic heterocycles. The molecule has 21 heavy (non-hydrogen) atoms. The number of nitro groups is 1. The molecule has 8 heteroatoms. The van der Waals surface area contributed by atoms with Crippen LogP contribution in [0.15, 0.2) is 30.3 Å². The minimum Gasteiger partial charge on any atom is -0.477 e. The lowest BCUT2D eigenvalue weighted by molar-refractivity contribution is -0.386. The number of nitrogens with zero attached hydrogens (tertiary/aromatic N) is 2. The molecule has 0 amide bonds. The fraction of sp³-hybridized carbons (Fsp3) is 0.0769. The Morgan fingerprint density at radius 1 is 1.38 bits per heavy atom. The monoisotopic (exact) mass is 292 g/mol. The zero-order valence-corrected chi connectivity index (χ0v) is 10.7. The van der Waals surface area contributed by atoms with Crippen molar-refractivity contribution in [2.75, 3.05) is 0 Å². The molecule has 1 heterocycles. The second kappa shape index (κ2) is 5.53. The second-order valence-corrected chi connectivity index (χ2v) is 4.10. The molecular formula is C13H9FN2O5. The smallest absolute Gasteiger partial charge is 0.354 e. The first-order valence-electron chi connectivity index (χ1n) is 5.71. The van der Waals surface area contributed by atoms with Crippen LogP contribution >= 0.6 is 0 Å². The molecule has 0 fully saturated rings. The Kier molecular flexibility index (Phi) is 3.79. The summed E-state index contributed by atoms with van der Waals surface area (Å²) in [5.74, 6) is -2.44. The zero-order chi connectivity index (χ0) is 15.6. The third-order valence-corrected chi connectivity index (χ3v) is 2.61. The van der Waals surface area contributed by atoms with Gasteiger partial charge in [-0.1, -0.05) is 6.07 Å². The lowest BCUT2D eigenvalue weighted by Gasteiger charge is -2.07. The first-order chi connectivity index (χ1) is 9.88. The highest BCUT2D eigenvalue weighted by atomic mass is 19.1. The van der Waals surface area contributed by atoms with E-state index in [4.69, 9.17) is 9.84 Å². The molecule has 0 aliphatic heterocycles. The van der Waals surface area contributed by atoms with Crippen molar-refractivity contribution >= 4 is 11.7 Å². The molecule has 1 N–H and O–H groups in total. The average Bonchev–Trinajstić information content (AvgIpc) is 2.42. The topological polar surface area (TPSA) is 103 Å². The van der Waals surface area contributed by atoms with Gasteiger partial charge in [0.05, 0.1) is 4.92 Å². The van der Waals surface area contributed by atoms with E-state index in [9.17, 15) is 19.3 Å². The summed E-state index contributed by atoms with van der Waals surface area (Å²) in [7, 11) is 0. The van der Waals surface area contributed by atoms with E-state index >= 15 is 0 Å². The normalized spacial score (nSPS) is 10.2. The molecule has 2 rings (SSSR count). The van der Waals surface area contributed by atoms with Gasteiger partial charge in [-0.2, -0.15) is 4.98 Å². The summed E-state index contributed by atoms with van der Waals surface area (Å²) >= 11 is 0. The van der Waals surface area contributed by atoms with Crippen LogP contribution in [-0.4, -0.2) is 21.0 Å². The van der Waals surface area contributed by atoms with Crippen molar-refractivity contribution in [3.05, 3.63) is 57.5 Å². The van der Waals surface area contributed by atoms with Gasteiger partial charge >= 0.3 is 11.7 Å². The number of aromatic nitrogens is 1. The third-order valence-electron chi connectivity index (χ3n) is 2.61. The number of hydrogen-bond acceptors (Lipinski definition) is 5. The molecule has 1 aromatic carbocycles. The summed E-state index contributed by atoms with van der Waals surface area (Å²) in [5.41, 5.74) is -0.548. The van der Waals surface area contributed by atoms with Gasteiger partial charge in [0.1, 0.15) is 11.6 Å². The van der Waals surface area contributed by atoms with Gasteiger partial charge in [0.25, 0.3) is 5.88 Å². The summed E-state index contributed by atoms with van der Waals surface area (Å²) in [6.07, 6.45) is 0. The van der Waals surface area contributed by atoms with E-state index in [1.54, 1.807) is 6.92 Å². The van der Waals surface area contributed by atoms with Crippen LogP contribution in [0.5, 0.6) is 11.6 Å². The quantitative estimate of drug-likeness (QED) is 0.686. The minimum atomic E-state index is -1.36. The molecular weight excluding hydrogens is 283 g/mol. The zero-order valence-electron chi connectivity index (χ0n) is 10.7. The highest BCUT2D eigenvalue weighted by Gasteiger charge is 2.20. The molecule has 0 unspecified atom stereocenters. The number of rotatable bonds is 4. The summed E-state index contributed by atoms with van der Waals surface area (Å²) in [4.78, 5) is 24.5. The largest absolute Gasteiger partial charge is 0.477 e. The fourth-order valence-corrected chi connectivity index (χ4v) is 1.51. The van der Waals surface area contributed by atoms with E-state index in [-0.39, 0.29) is 5.75 Å². The van der Waals surface area contributed by atoms with Crippen molar-refractivity contribution in [3.63, 3.8) is 0 Å². The number of pyridine rings is 1. The van der Waals surface area contributed by atoms with E-state index in [0.29, 0.717) is 5.56 Å². The Morgan fingerprint density at radius 2 is 2.10 bits per heavy atom. The minimum absolute atomic E-state index is 0.0174. The molecule has 0 saturated heterocycles. The number of carboxylic acids is 1. The van der Waals surface area contributed by atoms with Crippen molar-refractivity contribution in [1.29, 1.82) is 0 Å². The maximum Gasteiger partial charge on any atom is 0.354 e. The number of aromatic carboxylic acids is 1. The second-order valence-electron chi connectivity index (χ2n) is 4.10. The van der Waals surface area contributed by atoms with Crippen LogP contribution in [0.2, 0.25) is 0 Å². The number of carboxylic acid groups (broad SMARTS) is 1. The summed E-state index contributed by atoms with van der Waals surface area (Å²) in [5, 5.41) is 19.7. The van der Waals surface area contributed by atoms with Crippen LogP contribution in [0.1, 0.15) is 16.1 Å². The van der Waals surface area contributed by atoms with E-state index in [1.165, 1.54) is 12.1 Å². The first-order valence-corrected chi connectivity index (χ1v) is 5.71. The van der Waals surface area contributed by atoms with Crippen LogP contribution in [0.3, 0.4) is 0 Å². The molecule has 0 aliphatic carbocycles. The number of halogens is 1. The van der Waals surface area contributed by atoms with Crippen LogP contribution < -0.4 is 4.74 Å². The molecule has 2 aromatic rings. The highest BCUT2D eigenvalue weighted by molar-refractivity contribution is 5.85. The molecule has 0 saturated carbocycles. The standard InChI is InChI=1S/C13H9FN2O5/c1-7-2-3-8(6-9(7)14)21-12-11(16(19)20)5-4-10(15-12)13(17)18/h2-6H,1H3,(H,17,18). The predicted octanol–water partition coefficient (Wildman–Crippen LogP) is 2.93. The van der Waals surface area contributed by atoms with Gasteiger partial charge in [-0.05, 0) is 24.6 Å². The molecule has 0 aliphatic rings. The maximum atomic E-state index is 13.4. The lowest BCUT2D eigenvalue weighted by atomic mass is 10.2. The number of carbonyl (C=O) groups is 1. The van der Waals surface area contributed by atoms with Gasteiger partial charge < -0.3 is 9.84 Å². The Labute approximate surface area is 117 Å². The van der Waals surface area contributed by atoms with Crippen LogP contribution in [0.4, 0.5) is 10.1 Å². The third kappa shape index (κ3) is 3.11. The van der Waals surface area contributed by atoms with Gasteiger partial charge in [0.15, 0.2) is 5.69 Å². The Morgan fingerprint density at radius 3 is 2.67 bits per heavy atom. The van der Waals surface area contributed by atoms with Crippen molar-refractivity contribution in [3.8, 4) is 11.6 Å². The molecule has 0 atom stereocenters. The number of hydrogen-bond donors (Lipinski definition) is 1. The van der Waals surface area contributed by atoms with Crippen molar-refractivity contribution in [2.45, 2.75) is 6.92 Å². The van der Waals surface area contributed by atoms with Gasteiger partial charge in [0, 0.05) is 12.1 Å². The highest BCUT2D eigenvalue weighted by Crippen LogP contribution is 2.30. The summed E-state index contributed by atoms with van der Waals surface area (Å²) in [6.45, 7) is 1.55. The van der Waals surface area contributed by atoms with Crippen molar-refractivity contribution in [2.24, 2.45) is 0 Å². The average molecular weight is 292 g/mol. The number of benzene rings is 1. The van der Waals surface area contributed by atoms with Crippen molar-refractivity contribution in [1.82, 2.24) is 4.98 Å². The number of aryl methyl sites for hydroxylation is 1. The molecule has 0 bridgehead atoms. The Bertz CT molecular complexity index is 732. The van der Waals surface area contributed by atoms with Crippen molar-refractivity contribution < 1.29 is 24.0 Å². The summed E-state index contributed by atoms with van der Waals surface area (Å²) in [6, 6.07) is 5.82. The van der Waals surface area contributed by atoms with Crippen LogP contribution in [0, 0.1) is 22.9 Å². The van der Waals surface area contributed by atoms with Crippen LogP contribution in [-0.2, 0) is 0 Å². The van der Waals surface area contributed by atoms with Gasteiger partial charge in [-0.15, -0.1) is 0 Å². The van der Waals surface area contributed by atoms with E-state index < -0.39 is 34.0 Å². The lowest BCUT2D eigenvalue weighted by Crippen LogP contribution is -2.04. The summed E-state index contributed by atoms with van der Waals surface area (Å²) < 4.78 is 18.6. The van der Waals surface area contributed by atoms with E-state index in [1.807, 2.05) is 0 Å². The molecule has 0 radical (unpaired) electrons. The van der Waals surface area contributed by atoms with Gasteiger partial charge in [-0.25, -0.2) is 9.18 Å². The maximum absolute atomic E-state index is 13.4. The molecule has 108 valence electrons. The Hall–Kier alpha value is -3.03. The molecule has 0 spiro atoms. The first kappa shape index (κ1) is 14.4. The predicted molar refractivity (Wildman–Crippen MR) is 69.1 cm³/mol. The number of ether oxygens (including phenoxy) is 1. The Balaban J connectivity index is 2.45. The van der Waals surface area contributed by atoms with Crippen LogP contribution in [0.25, 0.3) is 0 Å². The van der Waals surface area contributed by atoms with Gasteiger partial charge in [-0.3, -0.25) is 10.1 Å². The van der Waals surface area contributed by atoms with Gasteiger partial charge in [0.2, 0.25) is 0 Å². The van der Waals surface area contributed by atoms with E-state index in [2.05, 4.69) is 4.98 Å². The molecule has 7 nitrogen and oxygen atoms in total. The fourth-order valence-electron chi connectivity index (χ4n) is 1.51. The SMILES string of the molecule is Cc1ccc(Oc2nc(C(=O)O)ccc2[N+](=O)[O-])cc1F.